The van der Waals surface area contributed by atoms with Crippen LogP contribution in [0.2, 0.25) is 0 Å². The number of rotatable bonds is 4. The lowest BCUT2D eigenvalue weighted by atomic mass is 10.0. The first-order valence-corrected chi connectivity index (χ1v) is 12.1. The van der Waals surface area contributed by atoms with Crippen molar-refractivity contribution in [3.8, 4) is 5.75 Å². The predicted octanol–water partition coefficient (Wildman–Crippen LogP) is 2.24. The zero-order valence-corrected chi connectivity index (χ0v) is 18.3. The summed E-state index contributed by atoms with van der Waals surface area (Å²) in [5, 5.41) is 0. The fraction of sp³-hybridized carbons (Fsp3) is 0.667. The van der Waals surface area contributed by atoms with Crippen LogP contribution in [-0.4, -0.2) is 75.8 Å². The zero-order chi connectivity index (χ0) is 21.2. The van der Waals surface area contributed by atoms with Crippen LogP contribution >= 0.6 is 0 Å². The van der Waals surface area contributed by atoms with Crippen molar-refractivity contribution >= 4 is 15.9 Å². The SMILES string of the molecule is COc1ccc(S(=O)(=O)N2CCCCCC2)cc1C(=O)N1CCC2(CC1)OCCO2. The highest BCUT2D eigenvalue weighted by molar-refractivity contribution is 7.89. The zero-order valence-electron chi connectivity index (χ0n) is 17.5. The van der Waals surface area contributed by atoms with Crippen LogP contribution in [0.25, 0.3) is 0 Å². The summed E-state index contributed by atoms with van der Waals surface area (Å²) in [6, 6.07) is 4.57. The molecule has 0 atom stereocenters. The van der Waals surface area contributed by atoms with Gasteiger partial charge in [0.15, 0.2) is 5.79 Å². The number of hydrogen-bond donors (Lipinski definition) is 0. The molecule has 166 valence electrons. The van der Waals surface area contributed by atoms with Gasteiger partial charge in [0, 0.05) is 39.0 Å². The molecule has 3 saturated heterocycles. The molecule has 0 aliphatic carbocycles. The van der Waals surface area contributed by atoms with Crippen molar-refractivity contribution < 1.29 is 27.4 Å². The molecular formula is C21H30N2O6S. The third-order valence-electron chi connectivity index (χ3n) is 6.23. The minimum Gasteiger partial charge on any atom is -0.496 e. The Bertz CT molecular complexity index is 863. The van der Waals surface area contributed by atoms with Gasteiger partial charge in [-0.15, -0.1) is 0 Å². The number of sulfonamides is 1. The third-order valence-corrected chi connectivity index (χ3v) is 8.12. The molecule has 1 aromatic rings. The lowest BCUT2D eigenvalue weighted by Crippen LogP contribution is -2.47. The van der Waals surface area contributed by atoms with Crippen molar-refractivity contribution in [2.24, 2.45) is 0 Å². The second-order valence-electron chi connectivity index (χ2n) is 8.08. The second-order valence-corrected chi connectivity index (χ2v) is 10.0. The van der Waals surface area contributed by atoms with Gasteiger partial charge in [-0.3, -0.25) is 4.79 Å². The molecule has 3 fully saturated rings. The summed E-state index contributed by atoms with van der Waals surface area (Å²) in [5.41, 5.74) is 0.276. The number of carbonyl (C=O) groups is 1. The summed E-state index contributed by atoms with van der Waals surface area (Å²) < 4.78 is 44.8. The number of amides is 1. The highest BCUT2D eigenvalue weighted by Gasteiger charge is 2.41. The summed E-state index contributed by atoms with van der Waals surface area (Å²) in [4.78, 5) is 15.1. The van der Waals surface area contributed by atoms with E-state index in [4.69, 9.17) is 14.2 Å². The Labute approximate surface area is 178 Å². The standard InChI is InChI=1S/C21H30N2O6S/c1-27-19-7-6-17(30(25,26)23-10-4-2-3-5-11-23)16-18(19)20(24)22-12-8-21(9-13-22)28-14-15-29-21/h6-7,16H,2-5,8-15H2,1H3. The van der Waals surface area contributed by atoms with Gasteiger partial charge in [-0.2, -0.15) is 4.31 Å². The van der Waals surface area contributed by atoms with E-state index in [1.807, 2.05) is 0 Å². The van der Waals surface area contributed by atoms with Gasteiger partial charge in [0.05, 0.1) is 30.8 Å². The average Bonchev–Trinajstić information content (AvgIpc) is 3.03. The van der Waals surface area contributed by atoms with E-state index in [0.717, 1.165) is 25.7 Å². The first-order chi connectivity index (χ1) is 14.5. The Morgan fingerprint density at radius 1 is 1.00 bits per heavy atom. The summed E-state index contributed by atoms with van der Waals surface area (Å²) in [7, 11) is -2.16. The van der Waals surface area contributed by atoms with Crippen molar-refractivity contribution in [2.75, 3.05) is 46.5 Å². The number of nitrogens with zero attached hydrogens (tertiary/aromatic N) is 2. The maximum atomic E-state index is 13.2. The summed E-state index contributed by atoms with van der Waals surface area (Å²) in [6.45, 7) is 3.18. The Morgan fingerprint density at radius 2 is 1.63 bits per heavy atom. The number of methoxy groups -OCH3 is 1. The van der Waals surface area contributed by atoms with Gasteiger partial charge >= 0.3 is 0 Å². The first-order valence-electron chi connectivity index (χ1n) is 10.7. The van der Waals surface area contributed by atoms with E-state index in [9.17, 15) is 13.2 Å². The molecule has 0 aromatic heterocycles. The van der Waals surface area contributed by atoms with E-state index in [-0.39, 0.29) is 16.4 Å². The molecule has 1 spiro atoms. The summed E-state index contributed by atoms with van der Waals surface area (Å²) in [6.07, 6.45) is 5.02. The fourth-order valence-electron chi connectivity index (χ4n) is 4.45. The van der Waals surface area contributed by atoms with Crippen LogP contribution < -0.4 is 4.74 Å². The molecule has 1 aromatic carbocycles. The molecule has 4 rings (SSSR count). The molecule has 1 amide bonds. The van der Waals surface area contributed by atoms with Gasteiger partial charge in [0.2, 0.25) is 10.0 Å². The van der Waals surface area contributed by atoms with Crippen LogP contribution in [0.4, 0.5) is 0 Å². The molecule has 0 saturated carbocycles. The maximum Gasteiger partial charge on any atom is 0.257 e. The quantitative estimate of drug-likeness (QED) is 0.717. The van der Waals surface area contributed by atoms with Crippen LogP contribution in [0.15, 0.2) is 23.1 Å². The van der Waals surface area contributed by atoms with E-state index in [1.165, 1.54) is 23.5 Å². The maximum absolute atomic E-state index is 13.2. The van der Waals surface area contributed by atoms with Gasteiger partial charge in [-0.1, -0.05) is 12.8 Å². The number of benzene rings is 1. The van der Waals surface area contributed by atoms with Crippen LogP contribution in [0, 0.1) is 0 Å². The van der Waals surface area contributed by atoms with Crippen molar-refractivity contribution in [3.05, 3.63) is 23.8 Å². The van der Waals surface area contributed by atoms with E-state index in [0.29, 0.717) is 58.0 Å². The molecule has 3 heterocycles. The van der Waals surface area contributed by atoms with Gasteiger partial charge < -0.3 is 19.1 Å². The number of ether oxygens (including phenoxy) is 3. The van der Waals surface area contributed by atoms with E-state index < -0.39 is 15.8 Å². The van der Waals surface area contributed by atoms with E-state index >= 15 is 0 Å². The fourth-order valence-corrected chi connectivity index (χ4v) is 6.00. The highest BCUT2D eigenvalue weighted by atomic mass is 32.2. The number of carbonyl (C=O) groups excluding carboxylic acids is 1. The molecule has 0 radical (unpaired) electrons. The Balaban J connectivity index is 1.56. The molecule has 0 N–H and O–H groups in total. The molecule has 3 aliphatic heterocycles. The minimum absolute atomic E-state index is 0.143. The van der Waals surface area contributed by atoms with Crippen molar-refractivity contribution in [3.63, 3.8) is 0 Å². The van der Waals surface area contributed by atoms with Gasteiger partial charge in [-0.25, -0.2) is 8.42 Å². The lowest BCUT2D eigenvalue weighted by Gasteiger charge is -2.37. The lowest BCUT2D eigenvalue weighted by molar-refractivity contribution is -0.181. The second kappa shape index (κ2) is 8.82. The van der Waals surface area contributed by atoms with Gasteiger partial charge in [0.1, 0.15) is 5.75 Å². The highest BCUT2D eigenvalue weighted by Crippen LogP contribution is 2.33. The molecule has 30 heavy (non-hydrogen) atoms. The van der Waals surface area contributed by atoms with Crippen LogP contribution in [0.1, 0.15) is 48.9 Å². The van der Waals surface area contributed by atoms with Crippen LogP contribution in [0.3, 0.4) is 0 Å². The van der Waals surface area contributed by atoms with Crippen LogP contribution in [-0.2, 0) is 19.5 Å². The van der Waals surface area contributed by atoms with Crippen LogP contribution in [0.5, 0.6) is 5.75 Å². The van der Waals surface area contributed by atoms with Gasteiger partial charge in [-0.05, 0) is 31.0 Å². The third kappa shape index (κ3) is 4.21. The Kier molecular flexibility index (Phi) is 6.34. The average molecular weight is 439 g/mol. The predicted molar refractivity (Wildman–Crippen MR) is 110 cm³/mol. The largest absolute Gasteiger partial charge is 0.496 e. The normalized spacial score (nSPS) is 22.8. The van der Waals surface area contributed by atoms with Crippen molar-refractivity contribution in [2.45, 2.75) is 49.2 Å². The molecule has 8 nitrogen and oxygen atoms in total. The molecule has 0 unspecified atom stereocenters. The number of hydrogen-bond acceptors (Lipinski definition) is 6. The minimum atomic E-state index is -3.65. The molecule has 3 aliphatic rings. The summed E-state index contributed by atoms with van der Waals surface area (Å²) in [5.74, 6) is -0.421. The van der Waals surface area contributed by atoms with Crippen molar-refractivity contribution in [1.29, 1.82) is 0 Å². The van der Waals surface area contributed by atoms with Crippen molar-refractivity contribution in [1.82, 2.24) is 9.21 Å². The summed E-state index contributed by atoms with van der Waals surface area (Å²) >= 11 is 0. The number of likely N-dealkylation sites (tertiary alicyclic amines) is 1. The van der Waals surface area contributed by atoms with E-state index in [1.54, 1.807) is 11.0 Å². The Hall–Kier alpha value is -1.68. The monoisotopic (exact) mass is 438 g/mol. The first kappa shape index (κ1) is 21.5. The van der Waals surface area contributed by atoms with E-state index in [2.05, 4.69) is 0 Å². The Morgan fingerprint density at radius 3 is 2.23 bits per heavy atom. The number of piperidine rings is 1. The molecular weight excluding hydrogens is 408 g/mol. The van der Waals surface area contributed by atoms with Gasteiger partial charge in [0.25, 0.3) is 5.91 Å². The smallest absolute Gasteiger partial charge is 0.257 e. The topological polar surface area (TPSA) is 85.4 Å². The molecule has 0 bridgehead atoms. The molecule has 9 heteroatoms.